The highest BCUT2D eigenvalue weighted by molar-refractivity contribution is 4.93. The van der Waals surface area contributed by atoms with E-state index in [1.54, 1.807) is 0 Å². The van der Waals surface area contributed by atoms with Crippen LogP contribution in [0.5, 0.6) is 0 Å². The molecule has 0 bridgehead atoms. The molecule has 110 valence electrons. The third-order valence-electron chi connectivity index (χ3n) is 6.06. The molecule has 0 saturated carbocycles. The number of hydrogen-bond donors (Lipinski definition) is 0. The van der Waals surface area contributed by atoms with Crippen LogP contribution in [0.2, 0.25) is 0 Å². The molecule has 3 unspecified atom stereocenters. The van der Waals surface area contributed by atoms with Gasteiger partial charge >= 0.3 is 0 Å². The van der Waals surface area contributed by atoms with Gasteiger partial charge in [0.15, 0.2) is 0 Å². The average molecular weight is 255 g/mol. The molecule has 0 rings (SSSR count). The molecule has 0 aliphatic rings. The third kappa shape index (κ3) is 4.00. The first-order valence-electron chi connectivity index (χ1n) is 8.12. The van der Waals surface area contributed by atoms with E-state index in [-0.39, 0.29) is 0 Å². The Kier molecular flexibility index (Phi) is 6.96. The minimum atomic E-state index is 0.442. The fraction of sp³-hybridized carbons (Fsp3) is 1.00. The zero-order valence-corrected chi connectivity index (χ0v) is 14.6. The van der Waals surface area contributed by atoms with Gasteiger partial charge < -0.3 is 0 Å². The molecule has 0 nitrogen and oxygen atoms in total. The lowest BCUT2D eigenvalue weighted by molar-refractivity contribution is -0.00299. The van der Waals surface area contributed by atoms with Gasteiger partial charge in [0.05, 0.1) is 0 Å². The highest BCUT2D eigenvalue weighted by Crippen LogP contribution is 2.52. The maximum absolute atomic E-state index is 2.53. The lowest BCUT2D eigenvalue weighted by atomic mass is 9.55. The molecule has 0 aromatic rings. The standard InChI is InChI=1S/C18H38/c1-10-12-17(7,8)18(9,14(3)4)13-16(6)15(5)11-2/h14-16H,10-13H2,1-9H3. The van der Waals surface area contributed by atoms with Gasteiger partial charge in [0.2, 0.25) is 0 Å². The molecule has 3 atom stereocenters. The minimum absolute atomic E-state index is 0.442. The highest BCUT2D eigenvalue weighted by atomic mass is 14.5. The van der Waals surface area contributed by atoms with Gasteiger partial charge in [0, 0.05) is 0 Å². The van der Waals surface area contributed by atoms with E-state index in [0.717, 1.165) is 17.8 Å². The van der Waals surface area contributed by atoms with Crippen molar-refractivity contribution in [3.63, 3.8) is 0 Å². The Morgan fingerprint density at radius 2 is 1.33 bits per heavy atom. The van der Waals surface area contributed by atoms with Gasteiger partial charge in [-0.05, 0) is 41.4 Å². The Labute approximate surface area is 117 Å². The molecule has 0 spiro atoms. The molecular weight excluding hydrogens is 216 g/mol. The summed E-state index contributed by atoms with van der Waals surface area (Å²) < 4.78 is 0. The lowest BCUT2D eigenvalue weighted by Gasteiger charge is -2.50. The summed E-state index contributed by atoms with van der Waals surface area (Å²) in [5, 5.41) is 0. The number of hydrogen-bond acceptors (Lipinski definition) is 0. The fourth-order valence-electron chi connectivity index (χ4n) is 3.48. The van der Waals surface area contributed by atoms with E-state index in [9.17, 15) is 0 Å². The zero-order chi connectivity index (χ0) is 14.6. The van der Waals surface area contributed by atoms with E-state index in [1.807, 2.05) is 0 Å². The van der Waals surface area contributed by atoms with E-state index < -0.39 is 0 Å². The summed E-state index contributed by atoms with van der Waals surface area (Å²) in [7, 11) is 0. The Bertz CT molecular complexity index is 226. The first-order valence-corrected chi connectivity index (χ1v) is 8.12. The first-order chi connectivity index (χ1) is 8.12. The van der Waals surface area contributed by atoms with Gasteiger partial charge in [-0.3, -0.25) is 0 Å². The van der Waals surface area contributed by atoms with Gasteiger partial charge in [-0.15, -0.1) is 0 Å². The molecule has 0 radical (unpaired) electrons. The van der Waals surface area contributed by atoms with Crippen molar-refractivity contribution in [1.29, 1.82) is 0 Å². The second kappa shape index (κ2) is 6.96. The second-order valence-corrected chi connectivity index (χ2v) is 7.77. The van der Waals surface area contributed by atoms with Crippen molar-refractivity contribution in [3.8, 4) is 0 Å². The molecule has 0 aliphatic carbocycles. The maximum Gasteiger partial charge on any atom is -0.0249 e. The van der Waals surface area contributed by atoms with Crippen molar-refractivity contribution in [2.75, 3.05) is 0 Å². The highest BCUT2D eigenvalue weighted by Gasteiger charge is 2.43. The van der Waals surface area contributed by atoms with Crippen LogP contribution in [0.4, 0.5) is 0 Å². The predicted octanol–water partition coefficient (Wildman–Crippen LogP) is 6.55. The SMILES string of the molecule is CCCC(C)(C)C(C)(CC(C)C(C)CC)C(C)C. The molecule has 0 N–H and O–H groups in total. The van der Waals surface area contributed by atoms with Crippen molar-refractivity contribution in [2.24, 2.45) is 28.6 Å². The summed E-state index contributed by atoms with van der Waals surface area (Å²) in [6, 6.07) is 0. The molecule has 0 heteroatoms. The molecule has 0 saturated heterocycles. The number of rotatable bonds is 8. The monoisotopic (exact) mass is 254 g/mol. The average Bonchev–Trinajstić information content (AvgIpc) is 2.26. The summed E-state index contributed by atoms with van der Waals surface area (Å²) in [5.41, 5.74) is 0.892. The molecule has 0 heterocycles. The van der Waals surface area contributed by atoms with Crippen LogP contribution >= 0.6 is 0 Å². The van der Waals surface area contributed by atoms with Crippen molar-refractivity contribution in [2.45, 2.75) is 88.0 Å². The largest absolute Gasteiger partial charge is 0.0654 e. The Hall–Kier alpha value is 0. The molecule has 0 fully saturated rings. The quantitative estimate of drug-likeness (QED) is 0.461. The molecular formula is C18H38. The Balaban J connectivity index is 5.04. The van der Waals surface area contributed by atoms with Crippen molar-refractivity contribution in [3.05, 3.63) is 0 Å². The molecule has 0 amide bonds. The van der Waals surface area contributed by atoms with Crippen LogP contribution in [0.25, 0.3) is 0 Å². The van der Waals surface area contributed by atoms with Crippen LogP contribution < -0.4 is 0 Å². The van der Waals surface area contributed by atoms with Crippen LogP contribution in [0.3, 0.4) is 0 Å². The summed E-state index contributed by atoms with van der Waals surface area (Å²) >= 11 is 0. The van der Waals surface area contributed by atoms with Crippen LogP contribution in [-0.4, -0.2) is 0 Å². The van der Waals surface area contributed by atoms with Gasteiger partial charge in [0.1, 0.15) is 0 Å². The minimum Gasteiger partial charge on any atom is -0.0654 e. The fourth-order valence-corrected chi connectivity index (χ4v) is 3.48. The van der Waals surface area contributed by atoms with Crippen molar-refractivity contribution < 1.29 is 0 Å². The third-order valence-corrected chi connectivity index (χ3v) is 6.06. The molecule has 0 aliphatic heterocycles. The maximum atomic E-state index is 2.53. The Morgan fingerprint density at radius 3 is 1.67 bits per heavy atom. The van der Waals surface area contributed by atoms with Crippen LogP contribution in [0.1, 0.15) is 88.0 Å². The van der Waals surface area contributed by atoms with Gasteiger partial charge in [-0.2, -0.15) is 0 Å². The predicted molar refractivity (Wildman–Crippen MR) is 84.9 cm³/mol. The van der Waals surface area contributed by atoms with E-state index in [4.69, 9.17) is 0 Å². The topological polar surface area (TPSA) is 0 Å². The first kappa shape index (κ1) is 18.0. The summed E-state index contributed by atoms with van der Waals surface area (Å²) in [5.74, 6) is 2.43. The smallest absolute Gasteiger partial charge is 0.0249 e. The normalized spacial score (nSPS) is 19.7. The molecule has 0 aromatic heterocycles. The summed E-state index contributed by atoms with van der Waals surface area (Å²) in [4.78, 5) is 0. The van der Waals surface area contributed by atoms with Crippen LogP contribution in [0.15, 0.2) is 0 Å². The van der Waals surface area contributed by atoms with Crippen LogP contribution in [0, 0.1) is 28.6 Å². The van der Waals surface area contributed by atoms with Gasteiger partial charge in [-0.25, -0.2) is 0 Å². The van der Waals surface area contributed by atoms with E-state index in [1.165, 1.54) is 25.7 Å². The van der Waals surface area contributed by atoms with Crippen molar-refractivity contribution in [1.82, 2.24) is 0 Å². The van der Waals surface area contributed by atoms with Gasteiger partial charge in [0.25, 0.3) is 0 Å². The van der Waals surface area contributed by atoms with E-state index >= 15 is 0 Å². The van der Waals surface area contributed by atoms with Crippen molar-refractivity contribution >= 4 is 0 Å². The molecule has 0 aromatic carbocycles. The van der Waals surface area contributed by atoms with E-state index in [0.29, 0.717) is 10.8 Å². The second-order valence-electron chi connectivity index (χ2n) is 7.77. The zero-order valence-electron chi connectivity index (χ0n) is 14.6. The van der Waals surface area contributed by atoms with E-state index in [2.05, 4.69) is 62.3 Å². The summed E-state index contributed by atoms with van der Waals surface area (Å²) in [6.07, 6.45) is 5.32. The Morgan fingerprint density at radius 1 is 0.833 bits per heavy atom. The lowest BCUT2D eigenvalue weighted by Crippen LogP contribution is -2.41. The summed E-state index contributed by atoms with van der Waals surface area (Å²) in [6.45, 7) is 21.9. The molecule has 18 heavy (non-hydrogen) atoms. The van der Waals surface area contributed by atoms with Crippen LogP contribution in [-0.2, 0) is 0 Å². The van der Waals surface area contributed by atoms with Gasteiger partial charge in [-0.1, -0.05) is 75.2 Å².